The van der Waals surface area contributed by atoms with E-state index in [1.165, 1.54) is 12.1 Å². The second-order valence-electron chi connectivity index (χ2n) is 6.29. The molecule has 3 rings (SSSR count). The zero-order chi connectivity index (χ0) is 18.4. The maximum atomic E-state index is 12.9. The Kier molecular flexibility index (Phi) is 5.84. The van der Waals surface area contributed by atoms with Crippen LogP contribution in [0.15, 0.2) is 53.5 Å². The van der Waals surface area contributed by atoms with E-state index in [4.69, 9.17) is 0 Å². The van der Waals surface area contributed by atoms with Gasteiger partial charge in [-0.1, -0.05) is 30.3 Å². The number of nitrogens with one attached hydrogen (secondary N) is 3. The van der Waals surface area contributed by atoms with Crippen LogP contribution in [-0.4, -0.2) is 32.0 Å². The highest BCUT2D eigenvalue weighted by molar-refractivity contribution is 5.94. The Labute approximate surface area is 152 Å². The van der Waals surface area contributed by atoms with Crippen LogP contribution in [0.3, 0.4) is 0 Å². The van der Waals surface area contributed by atoms with Crippen molar-refractivity contribution >= 4 is 17.6 Å². The van der Waals surface area contributed by atoms with Gasteiger partial charge in [0.25, 0.3) is 0 Å². The SMILES string of the molecule is CN=C(NCCc1ccc(F)cc1)NCC1CC(=O)Nc2ccccc21. The lowest BCUT2D eigenvalue weighted by Gasteiger charge is -2.26. The Morgan fingerprint density at radius 3 is 2.73 bits per heavy atom. The molecule has 0 saturated heterocycles. The van der Waals surface area contributed by atoms with Gasteiger partial charge in [0, 0.05) is 38.2 Å². The first-order valence-electron chi connectivity index (χ1n) is 8.73. The van der Waals surface area contributed by atoms with Crippen molar-refractivity contribution in [2.45, 2.75) is 18.8 Å². The van der Waals surface area contributed by atoms with Crippen LogP contribution in [-0.2, 0) is 11.2 Å². The van der Waals surface area contributed by atoms with Crippen LogP contribution in [0.5, 0.6) is 0 Å². The lowest BCUT2D eigenvalue weighted by Crippen LogP contribution is -2.41. The van der Waals surface area contributed by atoms with Gasteiger partial charge in [0.2, 0.25) is 5.91 Å². The normalized spacial score (nSPS) is 16.6. The summed E-state index contributed by atoms with van der Waals surface area (Å²) in [7, 11) is 1.72. The van der Waals surface area contributed by atoms with E-state index in [1.807, 2.05) is 24.3 Å². The number of hydrogen-bond acceptors (Lipinski definition) is 2. The molecule has 0 aromatic heterocycles. The molecule has 0 aliphatic carbocycles. The molecule has 1 heterocycles. The first kappa shape index (κ1) is 17.9. The summed E-state index contributed by atoms with van der Waals surface area (Å²) in [5.41, 5.74) is 3.09. The van der Waals surface area contributed by atoms with Crippen LogP contribution >= 0.6 is 0 Å². The zero-order valence-electron chi connectivity index (χ0n) is 14.8. The molecule has 0 bridgehead atoms. The number of hydrogen-bond donors (Lipinski definition) is 3. The first-order chi connectivity index (χ1) is 12.7. The van der Waals surface area contributed by atoms with E-state index in [-0.39, 0.29) is 17.6 Å². The topological polar surface area (TPSA) is 65.5 Å². The molecule has 5 nitrogen and oxygen atoms in total. The highest BCUT2D eigenvalue weighted by Gasteiger charge is 2.24. The van der Waals surface area contributed by atoms with Crippen molar-refractivity contribution in [1.82, 2.24) is 10.6 Å². The molecule has 2 aromatic carbocycles. The van der Waals surface area contributed by atoms with Gasteiger partial charge in [-0.2, -0.15) is 0 Å². The molecule has 1 amide bonds. The summed E-state index contributed by atoms with van der Waals surface area (Å²) in [6.45, 7) is 1.31. The predicted octanol–water partition coefficient (Wildman–Crippen LogP) is 2.66. The van der Waals surface area contributed by atoms with E-state index < -0.39 is 0 Å². The molecule has 0 spiro atoms. The smallest absolute Gasteiger partial charge is 0.225 e. The Morgan fingerprint density at radius 1 is 1.19 bits per heavy atom. The Balaban J connectivity index is 1.51. The minimum absolute atomic E-state index is 0.0368. The van der Waals surface area contributed by atoms with Crippen molar-refractivity contribution in [3.05, 3.63) is 65.5 Å². The molecule has 136 valence electrons. The van der Waals surface area contributed by atoms with E-state index >= 15 is 0 Å². The van der Waals surface area contributed by atoms with Gasteiger partial charge in [-0.3, -0.25) is 9.79 Å². The Bertz CT molecular complexity index is 789. The van der Waals surface area contributed by atoms with Gasteiger partial charge >= 0.3 is 0 Å². The number of anilines is 1. The molecule has 26 heavy (non-hydrogen) atoms. The molecule has 0 saturated carbocycles. The van der Waals surface area contributed by atoms with Crippen molar-refractivity contribution in [1.29, 1.82) is 0 Å². The maximum absolute atomic E-state index is 12.9. The summed E-state index contributed by atoms with van der Waals surface area (Å²) >= 11 is 0. The largest absolute Gasteiger partial charge is 0.356 e. The molecule has 3 N–H and O–H groups in total. The van der Waals surface area contributed by atoms with Crippen LogP contribution in [0, 0.1) is 5.82 Å². The van der Waals surface area contributed by atoms with Gasteiger partial charge < -0.3 is 16.0 Å². The highest BCUT2D eigenvalue weighted by Crippen LogP contribution is 2.31. The quantitative estimate of drug-likeness (QED) is 0.571. The van der Waals surface area contributed by atoms with E-state index in [0.29, 0.717) is 25.5 Å². The third kappa shape index (κ3) is 4.59. The van der Waals surface area contributed by atoms with Crippen molar-refractivity contribution < 1.29 is 9.18 Å². The summed E-state index contributed by atoms with van der Waals surface area (Å²) in [5, 5.41) is 9.46. The van der Waals surface area contributed by atoms with Crippen molar-refractivity contribution in [2.75, 3.05) is 25.5 Å². The van der Waals surface area contributed by atoms with Gasteiger partial charge in [-0.05, 0) is 35.7 Å². The predicted molar refractivity (Wildman–Crippen MR) is 102 cm³/mol. The number of carbonyl (C=O) groups excluding carboxylic acids is 1. The zero-order valence-corrected chi connectivity index (χ0v) is 14.8. The number of para-hydroxylation sites is 1. The number of benzene rings is 2. The van der Waals surface area contributed by atoms with Gasteiger partial charge in [0.15, 0.2) is 5.96 Å². The summed E-state index contributed by atoms with van der Waals surface area (Å²) < 4.78 is 12.9. The average molecular weight is 354 g/mol. The number of carbonyl (C=O) groups is 1. The van der Waals surface area contributed by atoms with Gasteiger partial charge in [-0.25, -0.2) is 4.39 Å². The molecule has 0 fully saturated rings. The Morgan fingerprint density at radius 2 is 1.96 bits per heavy atom. The van der Waals surface area contributed by atoms with Crippen molar-refractivity contribution in [2.24, 2.45) is 4.99 Å². The molecule has 1 unspecified atom stereocenters. The fourth-order valence-electron chi connectivity index (χ4n) is 3.10. The van der Waals surface area contributed by atoms with Crippen molar-refractivity contribution in [3.63, 3.8) is 0 Å². The maximum Gasteiger partial charge on any atom is 0.225 e. The van der Waals surface area contributed by atoms with Crippen LogP contribution in [0.25, 0.3) is 0 Å². The number of aliphatic imine (C=N–C) groups is 1. The lowest BCUT2D eigenvalue weighted by atomic mass is 9.90. The third-order valence-corrected chi connectivity index (χ3v) is 4.47. The number of amides is 1. The summed E-state index contributed by atoms with van der Waals surface area (Å²) in [6, 6.07) is 14.4. The standard InChI is InChI=1S/C20H23FN4O/c1-22-20(23-11-10-14-6-8-16(21)9-7-14)24-13-15-12-19(26)25-18-5-3-2-4-17(15)18/h2-9,15H,10-13H2,1H3,(H,25,26)(H2,22,23,24). The molecule has 1 atom stereocenters. The van der Waals surface area contributed by atoms with Crippen LogP contribution in [0.2, 0.25) is 0 Å². The van der Waals surface area contributed by atoms with Crippen LogP contribution < -0.4 is 16.0 Å². The van der Waals surface area contributed by atoms with Crippen molar-refractivity contribution in [3.8, 4) is 0 Å². The van der Waals surface area contributed by atoms with Gasteiger partial charge in [0.05, 0.1) is 0 Å². The van der Waals surface area contributed by atoms with E-state index in [9.17, 15) is 9.18 Å². The highest BCUT2D eigenvalue weighted by atomic mass is 19.1. The van der Waals surface area contributed by atoms with E-state index in [1.54, 1.807) is 19.2 Å². The Hall–Kier alpha value is -2.89. The van der Waals surface area contributed by atoms with E-state index in [2.05, 4.69) is 20.9 Å². The molecule has 1 aliphatic rings. The van der Waals surface area contributed by atoms with Gasteiger partial charge in [0.1, 0.15) is 5.82 Å². The first-order valence-corrected chi connectivity index (χ1v) is 8.73. The fraction of sp³-hybridized carbons (Fsp3) is 0.300. The second kappa shape index (κ2) is 8.47. The molecule has 6 heteroatoms. The number of nitrogens with zero attached hydrogens (tertiary/aromatic N) is 1. The molecular weight excluding hydrogens is 331 g/mol. The summed E-state index contributed by atoms with van der Waals surface area (Å²) in [5.74, 6) is 0.608. The second-order valence-corrected chi connectivity index (χ2v) is 6.29. The number of fused-ring (bicyclic) bond motifs is 1. The summed E-state index contributed by atoms with van der Waals surface area (Å²) in [6.07, 6.45) is 1.23. The number of halogens is 1. The lowest BCUT2D eigenvalue weighted by molar-refractivity contribution is -0.116. The number of rotatable bonds is 5. The van der Waals surface area contributed by atoms with Crippen LogP contribution in [0.1, 0.15) is 23.5 Å². The molecule has 2 aromatic rings. The number of guanidine groups is 1. The molecule has 1 aliphatic heterocycles. The third-order valence-electron chi connectivity index (χ3n) is 4.47. The summed E-state index contributed by atoms with van der Waals surface area (Å²) in [4.78, 5) is 16.1. The minimum Gasteiger partial charge on any atom is -0.356 e. The fourth-order valence-corrected chi connectivity index (χ4v) is 3.10. The molecular formula is C20H23FN4O. The molecule has 0 radical (unpaired) electrons. The monoisotopic (exact) mass is 354 g/mol. The minimum atomic E-state index is -0.226. The average Bonchev–Trinajstić information content (AvgIpc) is 2.65. The van der Waals surface area contributed by atoms with E-state index in [0.717, 1.165) is 23.2 Å². The van der Waals surface area contributed by atoms with Gasteiger partial charge in [-0.15, -0.1) is 0 Å². The van der Waals surface area contributed by atoms with Crippen LogP contribution in [0.4, 0.5) is 10.1 Å².